The van der Waals surface area contributed by atoms with Gasteiger partial charge in [0, 0.05) is 17.7 Å². The first kappa shape index (κ1) is 19.3. The van der Waals surface area contributed by atoms with Crippen LogP contribution in [0.4, 0.5) is 18.9 Å². The second-order valence-electron chi connectivity index (χ2n) is 5.40. The highest BCUT2D eigenvalue weighted by atomic mass is 19.4. The highest BCUT2D eigenvalue weighted by Gasteiger charge is 2.30. The van der Waals surface area contributed by atoms with Crippen molar-refractivity contribution in [2.24, 2.45) is 0 Å². The first-order chi connectivity index (χ1) is 12.3. The van der Waals surface area contributed by atoms with Crippen molar-refractivity contribution in [2.45, 2.75) is 19.0 Å². The second kappa shape index (κ2) is 8.37. The third-order valence-electron chi connectivity index (χ3n) is 3.37. The predicted molar refractivity (Wildman–Crippen MR) is 88.2 cm³/mol. The van der Waals surface area contributed by atoms with Crippen LogP contribution < -0.4 is 10.1 Å². The number of hydrogen-bond acceptors (Lipinski definition) is 3. The Morgan fingerprint density at radius 3 is 2.38 bits per heavy atom. The fourth-order valence-corrected chi connectivity index (χ4v) is 2.09. The van der Waals surface area contributed by atoms with Gasteiger partial charge in [0.05, 0.1) is 12.2 Å². The zero-order chi connectivity index (χ0) is 19.2. The molecule has 0 aliphatic carbocycles. The van der Waals surface area contributed by atoms with Crippen LogP contribution in [0, 0.1) is 0 Å². The Morgan fingerprint density at radius 1 is 1.08 bits per heavy atom. The van der Waals surface area contributed by atoms with E-state index in [9.17, 15) is 22.8 Å². The van der Waals surface area contributed by atoms with Gasteiger partial charge in [0.2, 0.25) is 0 Å². The van der Waals surface area contributed by atoms with Crippen LogP contribution in [0.3, 0.4) is 0 Å². The summed E-state index contributed by atoms with van der Waals surface area (Å²) in [4.78, 5) is 22.5. The van der Waals surface area contributed by atoms with Gasteiger partial charge in [-0.25, -0.2) is 0 Å². The first-order valence-corrected chi connectivity index (χ1v) is 7.69. The number of amides is 1. The van der Waals surface area contributed by atoms with E-state index < -0.39 is 23.6 Å². The molecule has 0 radical (unpaired) electrons. The number of alkyl halides is 3. The molecule has 1 amide bonds. The molecule has 0 aliphatic rings. The molecule has 0 saturated carbocycles. The minimum absolute atomic E-state index is 0.00250. The maximum Gasteiger partial charge on any atom is 0.416 e. The summed E-state index contributed by atoms with van der Waals surface area (Å²) >= 11 is 0. The number of ether oxygens (including phenoxy) is 1. The van der Waals surface area contributed by atoms with Crippen LogP contribution in [-0.4, -0.2) is 23.6 Å². The monoisotopic (exact) mass is 367 g/mol. The van der Waals surface area contributed by atoms with Gasteiger partial charge in [-0.15, -0.1) is 0 Å². The van der Waals surface area contributed by atoms with Crippen molar-refractivity contribution in [1.82, 2.24) is 0 Å². The summed E-state index contributed by atoms with van der Waals surface area (Å²) in [5.41, 5.74) is -0.556. The summed E-state index contributed by atoms with van der Waals surface area (Å²) in [6, 6.07) is 10.4. The Kier molecular flexibility index (Phi) is 6.21. The van der Waals surface area contributed by atoms with E-state index in [1.807, 2.05) is 0 Å². The molecule has 0 atom stereocenters. The Balaban J connectivity index is 1.95. The number of aliphatic carboxylic acids is 1. The number of benzene rings is 2. The smallest absolute Gasteiger partial charge is 0.416 e. The van der Waals surface area contributed by atoms with Crippen molar-refractivity contribution in [3.63, 3.8) is 0 Å². The van der Waals surface area contributed by atoms with Gasteiger partial charge in [0.25, 0.3) is 5.91 Å². The number of hydrogen-bond donors (Lipinski definition) is 2. The molecule has 2 aromatic rings. The molecule has 0 aromatic heterocycles. The van der Waals surface area contributed by atoms with Gasteiger partial charge in [0.1, 0.15) is 5.75 Å². The van der Waals surface area contributed by atoms with Gasteiger partial charge >= 0.3 is 12.1 Å². The van der Waals surface area contributed by atoms with E-state index >= 15 is 0 Å². The zero-order valence-electron chi connectivity index (χ0n) is 13.5. The average Bonchev–Trinajstić information content (AvgIpc) is 2.58. The number of halogens is 3. The molecule has 2 aromatic carbocycles. The molecule has 0 unspecified atom stereocenters. The molecule has 5 nitrogen and oxygen atoms in total. The maximum atomic E-state index is 12.7. The summed E-state index contributed by atoms with van der Waals surface area (Å²) in [5, 5.41) is 10.9. The van der Waals surface area contributed by atoms with E-state index in [0.717, 1.165) is 12.1 Å². The lowest BCUT2D eigenvalue weighted by atomic mass is 10.1. The zero-order valence-corrected chi connectivity index (χ0v) is 13.5. The molecular weight excluding hydrogens is 351 g/mol. The third-order valence-corrected chi connectivity index (χ3v) is 3.37. The first-order valence-electron chi connectivity index (χ1n) is 7.69. The van der Waals surface area contributed by atoms with Crippen molar-refractivity contribution in [1.29, 1.82) is 0 Å². The largest absolute Gasteiger partial charge is 0.494 e. The van der Waals surface area contributed by atoms with Gasteiger partial charge in [0.15, 0.2) is 0 Å². The van der Waals surface area contributed by atoms with Crippen LogP contribution in [0.1, 0.15) is 28.8 Å². The van der Waals surface area contributed by atoms with Gasteiger partial charge in [-0.3, -0.25) is 9.59 Å². The standard InChI is InChI=1S/C18H16F3NO4/c19-18(20,21)13-3-1-4-14(11-13)22-17(25)12-6-8-15(9-7-12)26-10-2-5-16(23)24/h1,3-4,6-9,11H,2,5,10H2,(H,22,25)(H,23,24). The molecular formula is C18H16F3NO4. The van der Waals surface area contributed by atoms with Crippen molar-refractivity contribution < 1.29 is 32.6 Å². The molecule has 8 heteroatoms. The van der Waals surface area contributed by atoms with E-state index in [2.05, 4.69) is 5.32 Å². The van der Waals surface area contributed by atoms with Crippen molar-refractivity contribution in [3.8, 4) is 5.75 Å². The Morgan fingerprint density at radius 2 is 1.77 bits per heavy atom. The highest BCUT2D eigenvalue weighted by Crippen LogP contribution is 2.30. The maximum absolute atomic E-state index is 12.7. The van der Waals surface area contributed by atoms with Crippen LogP contribution in [0.25, 0.3) is 0 Å². The van der Waals surface area contributed by atoms with Crippen LogP contribution in [0.15, 0.2) is 48.5 Å². The van der Waals surface area contributed by atoms with E-state index in [4.69, 9.17) is 9.84 Å². The molecule has 0 fully saturated rings. The number of carboxylic acids is 1. The minimum atomic E-state index is -4.49. The van der Waals surface area contributed by atoms with Crippen molar-refractivity contribution in [3.05, 3.63) is 59.7 Å². The van der Waals surface area contributed by atoms with Crippen LogP contribution in [0.2, 0.25) is 0 Å². The quantitative estimate of drug-likeness (QED) is 0.719. The van der Waals surface area contributed by atoms with Crippen LogP contribution in [0.5, 0.6) is 5.75 Å². The van der Waals surface area contributed by atoms with E-state index in [1.54, 1.807) is 0 Å². The summed E-state index contributed by atoms with van der Waals surface area (Å²) < 4.78 is 43.4. The molecule has 2 N–H and O–H groups in total. The fourth-order valence-electron chi connectivity index (χ4n) is 2.09. The van der Waals surface area contributed by atoms with Gasteiger partial charge in [-0.2, -0.15) is 13.2 Å². The SMILES string of the molecule is O=C(O)CCCOc1ccc(C(=O)Nc2cccc(C(F)(F)F)c2)cc1. The number of carbonyl (C=O) groups is 2. The predicted octanol–water partition coefficient (Wildman–Crippen LogP) is 4.20. The van der Waals surface area contributed by atoms with Crippen molar-refractivity contribution >= 4 is 17.6 Å². The molecule has 0 spiro atoms. The number of anilines is 1. The third kappa shape index (κ3) is 5.80. The van der Waals surface area contributed by atoms with E-state index in [0.29, 0.717) is 12.2 Å². The lowest BCUT2D eigenvalue weighted by molar-refractivity contribution is -0.138. The Labute approximate surface area is 147 Å². The minimum Gasteiger partial charge on any atom is -0.494 e. The normalized spacial score (nSPS) is 11.0. The molecule has 0 aliphatic heterocycles. The van der Waals surface area contributed by atoms with Crippen LogP contribution >= 0.6 is 0 Å². The van der Waals surface area contributed by atoms with Gasteiger partial charge < -0.3 is 15.2 Å². The summed E-state index contributed by atoms with van der Waals surface area (Å²) in [6.07, 6.45) is -4.13. The van der Waals surface area contributed by atoms with E-state index in [-0.39, 0.29) is 24.3 Å². The highest BCUT2D eigenvalue weighted by molar-refractivity contribution is 6.04. The lowest BCUT2D eigenvalue weighted by Crippen LogP contribution is -2.13. The van der Waals surface area contributed by atoms with Crippen LogP contribution in [-0.2, 0) is 11.0 Å². The molecule has 0 saturated heterocycles. The fraction of sp³-hybridized carbons (Fsp3) is 0.222. The molecule has 0 bridgehead atoms. The summed E-state index contributed by atoms with van der Waals surface area (Å²) in [6.45, 7) is 0.224. The Bertz CT molecular complexity index is 773. The van der Waals surface area contributed by atoms with Gasteiger partial charge in [-0.05, 0) is 48.9 Å². The number of rotatable bonds is 7. The summed E-state index contributed by atoms with van der Waals surface area (Å²) in [5.74, 6) is -0.997. The number of nitrogens with one attached hydrogen (secondary N) is 1. The lowest BCUT2D eigenvalue weighted by Gasteiger charge is -2.10. The summed E-state index contributed by atoms with van der Waals surface area (Å²) in [7, 11) is 0. The number of carboxylic acid groups (broad SMARTS) is 1. The Hall–Kier alpha value is -3.03. The average molecular weight is 367 g/mol. The second-order valence-corrected chi connectivity index (χ2v) is 5.40. The molecule has 138 valence electrons. The molecule has 2 rings (SSSR count). The number of carbonyl (C=O) groups excluding carboxylic acids is 1. The van der Waals surface area contributed by atoms with E-state index in [1.165, 1.54) is 36.4 Å². The van der Waals surface area contributed by atoms with Gasteiger partial charge in [-0.1, -0.05) is 6.07 Å². The topological polar surface area (TPSA) is 75.6 Å². The molecule has 26 heavy (non-hydrogen) atoms. The van der Waals surface area contributed by atoms with Crippen molar-refractivity contribution in [2.75, 3.05) is 11.9 Å². The molecule has 0 heterocycles.